The van der Waals surface area contributed by atoms with E-state index in [9.17, 15) is 9.18 Å². The lowest BCUT2D eigenvalue weighted by Gasteiger charge is -2.24. The van der Waals surface area contributed by atoms with Crippen molar-refractivity contribution in [3.63, 3.8) is 0 Å². The molecule has 0 bridgehead atoms. The number of benzene rings is 1. The van der Waals surface area contributed by atoms with E-state index in [0.717, 1.165) is 31.4 Å². The van der Waals surface area contributed by atoms with Gasteiger partial charge in [-0.25, -0.2) is 4.39 Å². The molecule has 1 aliphatic rings. The number of likely N-dealkylation sites (tertiary alicyclic amines) is 1. The van der Waals surface area contributed by atoms with E-state index in [1.165, 1.54) is 23.5 Å². The van der Waals surface area contributed by atoms with E-state index in [-0.39, 0.29) is 17.6 Å². The zero-order chi connectivity index (χ0) is 15.5. The van der Waals surface area contributed by atoms with Crippen LogP contribution in [-0.4, -0.2) is 23.9 Å². The van der Waals surface area contributed by atoms with Crippen molar-refractivity contribution in [1.82, 2.24) is 4.90 Å². The molecule has 1 saturated heterocycles. The summed E-state index contributed by atoms with van der Waals surface area (Å²) in [5.74, 6) is 0.0897. The van der Waals surface area contributed by atoms with Crippen LogP contribution in [0.5, 0.6) is 0 Å². The van der Waals surface area contributed by atoms with Crippen molar-refractivity contribution in [3.05, 3.63) is 57.0 Å². The van der Waals surface area contributed by atoms with Gasteiger partial charge in [0.15, 0.2) is 0 Å². The SMILES string of the molecule is O=C(c1ccc(Cl)s1)N1CCCC[C@@H](c2ccc(F)cc2)C1. The summed E-state index contributed by atoms with van der Waals surface area (Å²) in [6.07, 6.45) is 3.11. The second kappa shape index (κ2) is 6.80. The molecule has 0 unspecified atom stereocenters. The zero-order valence-corrected chi connectivity index (χ0v) is 13.7. The Morgan fingerprint density at radius 1 is 1.18 bits per heavy atom. The number of carbonyl (C=O) groups excluding carboxylic acids is 1. The minimum absolute atomic E-state index is 0.0471. The summed E-state index contributed by atoms with van der Waals surface area (Å²) in [5.41, 5.74) is 1.10. The lowest BCUT2D eigenvalue weighted by Crippen LogP contribution is -2.33. The number of carbonyl (C=O) groups is 1. The van der Waals surface area contributed by atoms with E-state index in [4.69, 9.17) is 11.6 Å². The van der Waals surface area contributed by atoms with Crippen molar-refractivity contribution in [2.45, 2.75) is 25.2 Å². The van der Waals surface area contributed by atoms with Gasteiger partial charge in [-0.1, -0.05) is 30.2 Å². The van der Waals surface area contributed by atoms with Gasteiger partial charge in [-0.15, -0.1) is 11.3 Å². The van der Waals surface area contributed by atoms with Gasteiger partial charge in [0.25, 0.3) is 5.91 Å². The maximum absolute atomic E-state index is 13.1. The van der Waals surface area contributed by atoms with Crippen LogP contribution in [0, 0.1) is 5.82 Å². The highest BCUT2D eigenvalue weighted by Gasteiger charge is 2.24. The Morgan fingerprint density at radius 3 is 2.64 bits per heavy atom. The monoisotopic (exact) mass is 337 g/mol. The fourth-order valence-corrected chi connectivity index (χ4v) is 3.93. The molecule has 0 spiro atoms. The molecule has 1 aromatic heterocycles. The van der Waals surface area contributed by atoms with E-state index in [2.05, 4.69) is 0 Å². The molecule has 1 fully saturated rings. The predicted molar refractivity (Wildman–Crippen MR) is 88.2 cm³/mol. The van der Waals surface area contributed by atoms with Crippen LogP contribution < -0.4 is 0 Å². The second-order valence-electron chi connectivity index (χ2n) is 5.60. The highest BCUT2D eigenvalue weighted by Crippen LogP contribution is 2.29. The van der Waals surface area contributed by atoms with Crippen LogP contribution >= 0.6 is 22.9 Å². The molecule has 2 nitrogen and oxygen atoms in total. The molecule has 0 N–H and O–H groups in total. The summed E-state index contributed by atoms with van der Waals surface area (Å²) in [5, 5.41) is 0. The molecule has 0 aliphatic carbocycles. The highest BCUT2D eigenvalue weighted by atomic mass is 35.5. The molecule has 5 heteroatoms. The van der Waals surface area contributed by atoms with E-state index >= 15 is 0 Å². The third-order valence-electron chi connectivity index (χ3n) is 4.08. The summed E-state index contributed by atoms with van der Waals surface area (Å²) >= 11 is 7.25. The lowest BCUT2D eigenvalue weighted by molar-refractivity contribution is 0.0759. The minimum Gasteiger partial charge on any atom is -0.337 e. The van der Waals surface area contributed by atoms with Gasteiger partial charge in [0, 0.05) is 19.0 Å². The largest absolute Gasteiger partial charge is 0.337 e. The molecule has 2 heterocycles. The second-order valence-corrected chi connectivity index (χ2v) is 7.31. The molecule has 1 amide bonds. The van der Waals surface area contributed by atoms with Crippen molar-refractivity contribution >= 4 is 28.8 Å². The molecular formula is C17H17ClFNOS. The fraction of sp³-hybridized carbons (Fsp3) is 0.353. The number of amides is 1. The average molecular weight is 338 g/mol. The first-order chi connectivity index (χ1) is 10.6. The number of hydrogen-bond acceptors (Lipinski definition) is 2. The highest BCUT2D eigenvalue weighted by molar-refractivity contribution is 7.17. The molecule has 3 rings (SSSR count). The van der Waals surface area contributed by atoms with Crippen molar-refractivity contribution in [2.24, 2.45) is 0 Å². The molecule has 116 valence electrons. The van der Waals surface area contributed by atoms with Crippen LogP contribution in [-0.2, 0) is 0 Å². The Hall–Kier alpha value is -1.39. The van der Waals surface area contributed by atoms with Gasteiger partial charge in [-0.05, 0) is 42.7 Å². The molecule has 1 aromatic carbocycles. The van der Waals surface area contributed by atoms with Crippen molar-refractivity contribution in [2.75, 3.05) is 13.1 Å². The van der Waals surface area contributed by atoms with Gasteiger partial charge in [0.2, 0.25) is 0 Å². The van der Waals surface area contributed by atoms with Gasteiger partial charge < -0.3 is 4.90 Å². The number of rotatable bonds is 2. The minimum atomic E-state index is -0.224. The van der Waals surface area contributed by atoms with Crippen LogP contribution in [0.2, 0.25) is 4.34 Å². The number of hydrogen-bond donors (Lipinski definition) is 0. The van der Waals surface area contributed by atoms with E-state index in [1.807, 2.05) is 17.0 Å². The summed E-state index contributed by atoms with van der Waals surface area (Å²) in [6.45, 7) is 1.45. The summed E-state index contributed by atoms with van der Waals surface area (Å²) in [4.78, 5) is 15.2. The van der Waals surface area contributed by atoms with Gasteiger partial charge >= 0.3 is 0 Å². The first-order valence-electron chi connectivity index (χ1n) is 7.43. The standard InChI is InChI=1S/C17H17ClFNOS/c18-16-9-8-15(22-16)17(21)20-10-2-1-3-13(11-20)12-4-6-14(19)7-5-12/h4-9,13H,1-3,10-11H2/t13-/m1/s1. The molecule has 22 heavy (non-hydrogen) atoms. The zero-order valence-electron chi connectivity index (χ0n) is 12.1. The van der Waals surface area contributed by atoms with Gasteiger partial charge in [-0.2, -0.15) is 0 Å². The van der Waals surface area contributed by atoms with Gasteiger partial charge in [-0.3, -0.25) is 4.79 Å². The maximum atomic E-state index is 13.1. The maximum Gasteiger partial charge on any atom is 0.263 e. The normalized spacial score (nSPS) is 19.0. The Bertz CT molecular complexity index is 655. The van der Waals surface area contributed by atoms with Crippen molar-refractivity contribution in [3.8, 4) is 0 Å². The van der Waals surface area contributed by atoms with Crippen LogP contribution in [0.3, 0.4) is 0 Å². The Morgan fingerprint density at radius 2 is 1.95 bits per heavy atom. The van der Waals surface area contributed by atoms with E-state index < -0.39 is 0 Å². The molecule has 0 saturated carbocycles. The van der Waals surface area contributed by atoms with E-state index in [1.54, 1.807) is 12.1 Å². The Balaban J connectivity index is 1.77. The molecule has 0 radical (unpaired) electrons. The predicted octanol–water partition coefficient (Wildman–Crippen LogP) is 4.95. The lowest BCUT2D eigenvalue weighted by atomic mass is 9.94. The quantitative estimate of drug-likeness (QED) is 0.759. The van der Waals surface area contributed by atoms with Crippen molar-refractivity contribution in [1.29, 1.82) is 0 Å². The van der Waals surface area contributed by atoms with Gasteiger partial charge in [0.05, 0.1) is 9.21 Å². The number of thiophene rings is 1. The molecular weight excluding hydrogens is 321 g/mol. The summed E-state index contributed by atoms with van der Waals surface area (Å²) in [7, 11) is 0. The van der Waals surface area contributed by atoms with Crippen LogP contribution in [0.25, 0.3) is 0 Å². The topological polar surface area (TPSA) is 20.3 Å². The molecule has 2 aromatic rings. The third-order valence-corrected chi connectivity index (χ3v) is 5.30. The van der Waals surface area contributed by atoms with Crippen LogP contribution in [0.1, 0.15) is 40.4 Å². The summed E-state index contributed by atoms with van der Waals surface area (Å²) < 4.78 is 13.7. The first-order valence-corrected chi connectivity index (χ1v) is 8.63. The first kappa shape index (κ1) is 15.5. The van der Waals surface area contributed by atoms with Crippen LogP contribution in [0.4, 0.5) is 4.39 Å². The third kappa shape index (κ3) is 3.50. The van der Waals surface area contributed by atoms with Gasteiger partial charge in [0.1, 0.15) is 5.82 Å². The van der Waals surface area contributed by atoms with Crippen molar-refractivity contribution < 1.29 is 9.18 Å². The number of halogens is 2. The average Bonchev–Trinajstić information content (AvgIpc) is 2.81. The van der Waals surface area contributed by atoms with Crippen LogP contribution in [0.15, 0.2) is 36.4 Å². The number of nitrogens with zero attached hydrogens (tertiary/aromatic N) is 1. The molecule has 1 aliphatic heterocycles. The molecule has 1 atom stereocenters. The smallest absolute Gasteiger partial charge is 0.263 e. The van der Waals surface area contributed by atoms with E-state index in [0.29, 0.717) is 15.8 Å². The summed E-state index contributed by atoms with van der Waals surface area (Å²) in [6, 6.07) is 10.2. The Kier molecular flexibility index (Phi) is 4.79. The Labute approximate surface area is 138 Å². The fourth-order valence-electron chi connectivity index (χ4n) is 2.92.